The summed E-state index contributed by atoms with van der Waals surface area (Å²) in [6.07, 6.45) is 1.91. The molecule has 1 saturated heterocycles. The number of aromatic nitrogens is 6. The third-order valence-corrected chi connectivity index (χ3v) is 3.37. The van der Waals surface area contributed by atoms with E-state index in [0.29, 0.717) is 12.4 Å². The van der Waals surface area contributed by atoms with Crippen LogP contribution in [0.4, 0.5) is 0 Å². The van der Waals surface area contributed by atoms with Crippen LogP contribution in [0, 0.1) is 0 Å². The molecule has 1 aliphatic rings. The molecule has 0 aliphatic carbocycles. The van der Waals surface area contributed by atoms with E-state index in [9.17, 15) is 0 Å². The van der Waals surface area contributed by atoms with Gasteiger partial charge in [0.1, 0.15) is 6.10 Å². The molecule has 1 fully saturated rings. The number of tetrazole rings is 1. The third kappa shape index (κ3) is 2.86. The molecule has 1 unspecified atom stereocenters. The van der Waals surface area contributed by atoms with Crippen LogP contribution in [0.3, 0.4) is 0 Å². The Labute approximate surface area is 117 Å². The zero-order valence-corrected chi connectivity index (χ0v) is 11.8. The minimum atomic E-state index is -0.106. The average molecular weight is 277 g/mol. The Hall–Kier alpha value is -1.80. The molecule has 0 N–H and O–H groups in total. The summed E-state index contributed by atoms with van der Waals surface area (Å²) in [7, 11) is 1.76. The summed E-state index contributed by atoms with van der Waals surface area (Å²) in [6, 6.07) is 2.06. The van der Waals surface area contributed by atoms with Crippen LogP contribution in [-0.2, 0) is 24.9 Å². The number of ether oxygens (including phenoxy) is 1. The van der Waals surface area contributed by atoms with Gasteiger partial charge in [-0.2, -0.15) is 9.90 Å². The van der Waals surface area contributed by atoms with Gasteiger partial charge in [0.2, 0.25) is 5.82 Å². The van der Waals surface area contributed by atoms with Crippen molar-refractivity contribution in [1.29, 1.82) is 0 Å². The van der Waals surface area contributed by atoms with Crippen LogP contribution < -0.4 is 0 Å². The first-order valence-corrected chi connectivity index (χ1v) is 6.85. The molecular formula is C12H19N7O. The van der Waals surface area contributed by atoms with Crippen molar-refractivity contribution in [3.05, 3.63) is 23.8 Å². The van der Waals surface area contributed by atoms with E-state index >= 15 is 0 Å². The van der Waals surface area contributed by atoms with E-state index in [1.165, 1.54) is 4.80 Å². The van der Waals surface area contributed by atoms with Gasteiger partial charge in [-0.05, 0) is 18.2 Å². The fourth-order valence-electron chi connectivity index (χ4n) is 2.32. The molecule has 0 bridgehead atoms. The van der Waals surface area contributed by atoms with Gasteiger partial charge in [-0.25, -0.2) is 0 Å². The number of hydrogen-bond acceptors (Lipinski definition) is 6. The van der Waals surface area contributed by atoms with Crippen LogP contribution in [0.2, 0.25) is 0 Å². The second kappa shape index (κ2) is 5.68. The molecule has 2 aromatic rings. The Bertz CT molecular complexity index is 564. The Morgan fingerprint density at radius 1 is 1.40 bits per heavy atom. The molecule has 108 valence electrons. The van der Waals surface area contributed by atoms with Crippen molar-refractivity contribution in [2.24, 2.45) is 7.05 Å². The molecule has 1 atom stereocenters. The molecule has 8 nitrogen and oxygen atoms in total. The highest BCUT2D eigenvalue weighted by molar-refractivity contribution is 5.00. The van der Waals surface area contributed by atoms with Crippen molar-refractivity contribution in [2.75, 3.05) is 19.7 Å². The van der Waals surface area contributed by atoms with Crippen LogP contribution in [0.1, 0.15) is 24.5 Å². The van der Waals surface area contributed by atoms with Crippen LogP contribution in [-0.4, -0.2) is 54.6 Å². The smallest absolute Gasteiger partial charge is 0.204 e. The number of rotatable bonds is 4. The first-order valence-electron chi connectivity index (χ1n) is 6.85. The summed E-state index contributed by atoms with van der Waals surface area (Å²) in [6.45, 7) is 6.15. The Morgan fingerprint density at radius 3 is 3.00 bits per heavy atom. The zero-order chi connectivity index (χ0) is 13.9. The molecule has 0 saturated carbocycles. The molecule has 0 amide bonds. The molecule has 3 heterocycles. The van der Waals surface area contributed by atoms with Crippen LogP contribution in [0.25, 0.3) is 0 Å². The zero-order valence-electron chi connectivity index (χ0n) is 11.8. The van der Waals surface area contributed by atoms with E-state index in [4.69, 9.17) is 4.74 Å². The van der Waals surface area contributed by atoms with E-state index in [1.807, 2.05) is 10.9 Å². The first-order chi connectivity index (χ1) is 9.74. The normalized spacial score (nSPS) is 20.4. The largest absolute Gasteiger partial charge is 0.367 e. The highest BCUT2D eigenvalue weighted by Crippen LogP contribution is 2.19. The van der Waals surface area contributed by atoms with Gasteiger partial charge in [-0.15, -0.1) is 10.2 Å². The molecular weight excluding hydrogens is 258 g/mol. The van der Waals surface area contributed by atoms with Gasteiger partial charge >= 0.3 is 0 Å². The van der Waals surface area contributed by atoms with Crippen molar-refractivity contribution in [2.45, 2.75) is 26.1 Å². The fraction of sp³-hybridized carbons (Fsp3) is 0.667. The Morgan fingerprint density at radius 2 is 2.30 bits per heavy atom. The summed E-state index contributed by atoms with van der Waals surface area (Å²) < 4.78 is 7.67. The summed E-state index contributed by atoms with van der Waals surface area (Å²) in [4.78, 5) is 3.77. The highest BCUT2D eigenvalue weighted by atomic mass is 16.5. The van der Waals surface area contributed by atoms with Crippen LogP contribution in [0.15, 0.2) is 12.3 Å². The van der Waals surface area contributed by atoms with Gasteiger partial charge in [0.05, 0.1) is 19.3 Å². The molecule has 20 heavy (non-hydrogen) atoms. The lowest BCUT2D eigenvalue weighted by atomic mass is 10.2. The average Bonchev–Trinajstić information content (AvgIpc) is 3.08. The van der Waals surface area contributed by atoms with Gasteiger partial charge in [0.15, 0.2) is 0 Å². The van der Waals surface area contributed by atoms with E-state index in [-0.39, 0.29) is 6.10 Å². The first kappa shape index (κ1) is 13.2. The predicted octanol–water partition coefficient (Wildman–Crippen LogP) is -0.000000000000000222. The van der Waals surface area contributed by atoms with E-state index in [1.54, 1.807) is 7.05 Å². The highest BCUT2D eigenvalue weighted by Gasteiger charge is 2.25. The van der Waals surface area contributed by atoms with Crippen LogP contribution in [0.5, 0.6) is 0 Å². The minimum absolute atomic E-state index is 0.106. The predicted molar refractivity (Wildman–Crippen MR) is 70.7 cm³/mol. The molecule has 2 aromatic heterocycles. The topological polar surface area (TPSA) is 73.9 Å². The standard InChI is InChI=1S/C12H19N7O/c1-3-19-5-4-10(14-19)8-18-6-7-20-11(9-18)12-13-16-17(2)15-12/h4-5,11H,3,6-9H2,1-2H3. The van der Waals surface area contributed by atoms with E-state index < -0.39 is 0 Å². The van der Waals surface area contributed by atoms with Crippen molar-refractivity contribution in [3.63, 3.8) is 0 Å². The second-order valence-electron chi connectivity index (χ2n) is 4.89. The van der Waals surface area contributed by atoms with E-state index in [2.05, 4.69) is 38.4 Å². The maximum absolute atomic E-state index is 5.73. The summed E-state index contributed by atoms with van der Waals surface area (Å²) in [5.41, 5.74) is 1.08. The summed E-state index contributed by atoms with van der Waals surface area (Å²) in [5.74, 6) is 0.649. The minimum Gasteiger partial charge on any atom is -0.367 e. The monoisotopic (exact) mass is 277 g/mol. The summed E-state index contributed by atoms with van der Waals surface area (Å²) >= 11 is 0. The quantitative estimate of drug-likeness (QED) is 0.783. The SMILES string of the molecule is CCn1ccc(CN2CCOC(c3nnn(C)n3)C2)n1. The lowest BCUT2D eigenvalue weighted by Gasteiger charge is -2.30. The molecule has 3 rings (SSSR count). The van der Waals surface area contributed by atoms with E-state index in [0.717, 1.165) is 31.9 Å². The third-order valence-electron chi connectivity index (χ3n) is 3.37. The molecule has 0 radical (unpaired) electrons. The lowest BCUT2D eigenvalue weighted by Crippen LogP contribution is -2.38. The van der Waals surface area contributed by atoms with Crippen molar-refractivity contribution in [3.8, 4) is 0 Å². The summed E-state index contributed by atoms with van der Waals surface area (Å²) in [5, 5.41) is 16.6. The maximum atomic E-state index is 5.73. The molecule has 8 heteroatoms. The molecule has 1 aliphatic heterocycles. The van der Waals surface area contributed by atoms with Gasteiger partial charge in [0.25, 0.3) is 0 Å². The number of aryl methyl sites for hydroxylation is 2. The van der Waals surface area contributed by atoms with Crippen molar-refractivity contribution >= 4 is 0 Å². The number of morpholine rings is 1. The molecule has 0 spiro atoms. The Kier molecular flexibility index (Phi) is 3.75. The maximum Gasteiger partial charge on any atom is 0.204 e. The second-order valence-corrected chi connectivity index (χ2v) is 4.89. The lowest BCUT2D eigenvalue weighted by molar-refractivity contribution is -0.0377. The van der Waals surface area contributed by atoms with Crippen molar-refractivity contribution < 1.29 is 4.74 Å². The fourth-order valence-corrected chi connectivity index (χ4v) is 2.32. The van der Waals surface area contributed by atoms with Gasteiger partial charge in [-0.1, -0.05) is 0 Å². The number of hydrogen-bond donors (Lipinski definition) is 0. The van der Waals surface area contributed by atoms with Crippen LogP contribution >= 0.6 is 0 Å². The Balaban J connectivity index is 1.63. The van der Waals surface area contributed by atoms with Gasteiger partial charge in [-0.3, -0.25) is 9.58 Å². The molecule has 0 aromatic carbocycles. The van der Waals surface area contributed by atoms with Gasteiger partial charge in [0, 0.05) is 32.4 Å². The van der Waals surface area contributed by atoms with Crippen molar-refractivity contribution in [1.82, 2.24) is 34.9 Å². The number of nitrogens with zero attached hydrogens (tertiary/aromatic N) is 7. The van der Waals surface area contributed by atoms with Gasteiger partial charge < -0.3 is 4.74 Å².